The van der Waals surface area contributed by atoms with E-state index in [-0.39, 0.29) is 18.4 Å². The molecule has 3 aromatic carbocycles. The van der Waals surface area contributed by atoms with Crippen LogP contribution in [0.5, 0.6) is 5.75 Å². The predicted molar refractivity (Wildman–Crippen MR) is 113 cm³/mol. The maximum absolute atomic E-state index is 12.1. The lowest BCUT2D eigenvalue weighted by molar-refractivity contribution is -0.123. The molecule has 1 amide bonds. The molecule has 4 nitrogen and oxygen atoms in total. The molecule has 3 rings (SSSR count). The van der Waals surface area contributed by atoms with Crippen LogP contribution in [0, 0.1) is 5.92 Å². The average molecular weight is 372 g/mol. The Morgan fingerprint density at radius 2 is 1.43 bits per heavy atom. The van der Waals surface area contributed by atoms with Crippen molar-refractivity contribution < 1.29 is 9.53 Å². The summed E-state index contributed by atoms with van der Waals surface area (Å²) >= 11 is 0. The number of ether oxygens (including phenoxy) is 1. The molecule has 0 saturated heterocycles. The van der Waals surface area contributed by atoms with E-state index in [1.165, 1.54) is 0 Å². The largest absolute Gasteiger partial charge is 0.484 e. The highest BCUT2D eigenvalue weighted by molar-refractivity contribution is 6.02. The maximum Gasteiger partial charge on any atom is 0.277 e. The lowest BCUT2D eigenvalue weighted by atomic mass is 10.0. The molecule has 0 radical (unpaired) electrons. The second-order valence-electron chi connectivity index (χ2n) is 6.73. The van der Waals surface area contributed by atoms with Gasteiger partial charge in [0.2, 0.25) is 0 Å². The summed E-state index contributed by atoms with van der Waals surface area (Å²) in [5, 5.41) is 4.30. The SMILES string of the molecule is CC(C)C(=NNC(=O)COc1ccc(-c2ccccc2)cc1)c1ccccc1. The van der Waals surface area contributed by atoms with Crippen LogP contribution in [0.2, 0.25) is 0 Å². The molecule has 0 atom stereocenters. The molecule has 0 spiro atoms. The summed E-state index contributed by atoms with van der Waals surface area (Å²) in [6, 6.07) is 27.6. The summed E-state index contributed by atoms with van der Waals surface area (Å²) in [5.74, 6) is 0.543. The number of carbonyl (C=O) groups excluding carboxylic acids is 1. The van der Waals surface area contributed by atoms with Gasteiger partial charge in [-0.3, -0.25) is 4.79 Å². The molecule has 1 N–H and O–H groups in total. The van der Waals surface area contributed by atoms with Gasteiger partial charge in [0.1, 0.15) is 5.75 Å². The molecule has 0 aliphatic heterocycles. The highest BCUT2D eigenvalue weighted by Crippen LogP contribution is 2.21. The Kier molecular flexibility index (Phi) is 6.58. The van der Waals surface area contributed by atoms with E-state index < -0.39 is 0 Å². The fourth-order valence-electron chi connectivity index (χ4n) is 2.81. The molecule has 0 bridgehead atoms. The Morgan fingerprint density at radius 1 is 0.857 bits per heavy atom. The number of amides is 1. The van der Waals surface area contributed by atoms with Gasteiger partial charge in [0.05, 0.1) is 5.71 Å². The number of hydrogen-bond acceptors (Lipinski definition) is 3. The van der Waals surface area contributed by atoms with Gasteiger partial charge < -0.3 is 4.74 Å². The van der Waals surface area contributed by atoms with Crippen LogP contribution < -0.4 is 10.2 Å². The monoisotopic (exact) mass is 372 g/mol. The number of rotatable bonds is 7. The van der Waals surface area contributed by atoms with E-state index in [9.17, 15) is 4.79 Å². The van der Waals surface area contributed by atoms with E-state index in [0.29, 0.717) is 5.75 Å². The van der Waals surface area contributed by atoms with Gasteiger partial charge in [-0.25, -0.2) is 5.43 Å². The number of benzene rings is 3. The average Bonchev–Trinajstić information content (AvgIpc) is 2.74. The third-order valence-electron chi connectivity index (χ3n) is 4.25. The Hall–Kier alpha value is -3.40. The van der Waals surface area contributed by atoms with Gasteiger partial charge in [0.25, 0.3) is 5.91 Å². The molecule has 28 heavy (non-hydrogen) atoms. The third-order valence-corrected chi connectivity index (χ3v) is 4.25. The van der Waals surface area contributed by atoms with Crippen molar-refractivity contribution in [2.24, 2.45) is 11.0 Å². The van der Waals surface area contributed by atoms with Crippen LogP contribution in [0.1, 0.15) is 19.4 Å². The lowest BCUT2D eigenvalue weighted by Gasteiger charge is -2.11. The second kappa shape index (κ2) is 9.51. The summed E-state index contributed by atoms with van der Waals surface area (Å²) in [6.07, 6.45) is 0. The van der Waals surface area contributed by atoms with Gasteiger partial charge in [-0.15, -0.1) is 0 Å². The van der Waals surface area contributed by atoms with Crippen molar-refractivity contribution in [2.45, 2.75) is 13.8 Å². The smallest absolute Gasteiger partial charge is 0.277 e. The van der Waals surface area contributed by atoms with Gasteiger partial charge in [0.15, 0.2) is 6.61 Å². The van der Waals surface area contributed by atoms with Crippen LogP contribution in [0.15, 0.2) is 90.0 Å². The minimum Gasteiger partial charge on any atom is -0.484 e. The first-order chi connectivity index (χ1) is 13.6. The van der Waals surface area contributed by atoms with Gasteiger partial charge >= 0.3 is 0 Å². The molecule has 142 valence electrons. The molecule has 0 heterocycles. The minimum atomic E-state index is -0.291. The highest BCUT2D eigenvalue weighted by atomic mass is 16.5. The molecule has 0 aliphatic carbocycles. The first-order valence-electron chi connectivity index (χ1n) is 9.33. The van der Waals surface area contributed by atoms with Crippen LogP contribution in [0.4, 0.5) is 0 Å². The van der Waals surface area contributed by atoms with Crippen molar-refractivity contribution >= 4 is 11.6 Å². The third kappa shape index (κ3) is 5.30. The Morgan fingerprint density at radius 3 is 2.04 bits per heavy atom. The van der Waals surface area contributed by atoms with E-state index in [2.05, 4.69) is 22.7 Å². The number of nitrogens with zero attached hydrogens (tertiary/aromatic N) is 1. The molecular formula is C24H24N2O2. The first kappa shape index (κ1) is 19.4. The standard InChI is InChI=1S/C24H24N2O2/c1-18(2)24(21-11-7-4-8-12-21)26-25-23(27)17-28-22-15-13-20(14-16-22)19-9-5-3-6-10-19/h3-16,18H,17H2,1-2H3,(H,25,27). The van der Waals surface area contributed by atoms with E-state index in [1.54, 1.807) is 0 Å². The fourth-order valence-corrected chi connectivity index (χ4v) is 2.81. The van der Waals surface area contributed by atoms with E-state index >= 15 is 0 Å². The second-order valence-corrected chi connectivity index (χ2v) is 6.73. The molecule has 0 saturated carbocycles. The Balaban J connectivity index is 1.56. The first-order valence-corrected chi connectivity index (χ1v) is 9.33. The molecule has 0 aromatic heterocycles. The summed E-state index contributed by atoms with van der Waals surface area (Å²) in [6.45, 7) is 4.00. The Labute approximate surface area is 165 Å². The van der Waals surface area contributed by atoms with Crippen LogP contribution >= 0.6 is 0 Å². The van der Waals surface area contributed by atoms with Crippen molar-refractivity contribution in [2.75, 3.05) is 6.61 Å². The summed E-state index contributed by atoms with van der Waals surface area (Å²) < 4.78 is 5.58. The summed E-state index contributed by atoms with van der Waals surface area (Å²) in [4.78, 5) is 12.1. The summed E-state index contributed by atoms with van der Waals surface area (Å²) in [7, 11) is 0. The van der Waals surface area contributed by atoms with Gasteiger partial charge in [-0.05, 0) is 34.7 Å². The van der Waals surface area contributed by atoms with Crippen LogP contribution in [-0.2, 0) is 4.79 Å². The number of hydrogen-bond donors (Lipinski definition) is 1. The molecule has 4 heteroatoms. The fraction of sp³-hybridized carbons (Fsp3) is 0.167. The van der Waals surface area contributed by atoms with Crippen molar-refractivity contribution in [1.82, 2.24) is 5.43 Å². The molecule has 0 fully saturated rings. The number of nitrogens with one attached hydrogen (secondary N) is 1. The predicted octanol–water partition coefficient (Wildman–Crippen LogP) is 4.91. The van der Waals surface area contributed by atoms with Crippen LogP contribution in [0.25, 0.3) is 11.1 Å². The van der Waals surface area contributed by atoms with Crippen molar-refractivity contribution in [1.29, 1.82) is 0 Å². The Bertz CT molecular complexity index is 918. The maximum atomic E-state index is 12.1. The van der Waals surface area contributed by atoms with E-state index in [1.807, 2.05) is 86.6 Å². The number of carbonyl (C=O) groups is 1. The van der Waals surface area contributed by atoms with Crippen LogP contribution in [-0.4, -0.2) is 18.2 Å². The highest BCUT2D eigenvalue weighted by Gasteiger charge is 2.09. The molecular weight excluding hydrogens is 348 g/mol. The molecule has 3 aromatic rings. The molecule has 0 unspecified atom stereocenters. The van der Waals surface area contributed by atoms with E-state index in [4.69, 9.17) is 4.74 Å². The molecule has 0 aliphatic rings. The van der Waals surface area contributed by atoms with Crippen molar-refractivity contribution in [3.8, 4) is 16.9 Å². The summed E-state index contributed by atoms with van der Waals surface area (Å²) in [5.41, 5.74) is 6.67. The number of hydrazone groups is 1. The zero-order chi connectivity index (χ0) is 19.8. The zero-order valence-electron chi connectivity index (χ0n) is 16.1. The quantitative estimate of drug-likeness (QED) is 0.473. The van der Waals surface area contributed by atoms with Crippen molar-refractivity contribution in [3.63, 3.8) is 0 Å². The van der Waals surface area contributed by atoms with Gasteiger partial charge in [-0.2, -0.15) is 5.10 Å². The minimum absolute atomic E-state index is 0.0889. The van der Waals surface area contributed by atoms with Crippen molar-refractivity contribution in [3.05, 3.63) is 90.5 Å². The lowest BCUT2D eigenvalue weighted by Crippen LogP contribution is -2.27. The normalized spacial score (nSPS) is 11.3. The van der Waals surface area contributed by atoms with Gasteiger partial charge in [0, 0.05) is 0 Å². The van der Waals surface area contributed by atoms with Crippen LogP contribution in [0.3, 0.4) is 0 Å². The zero-order valence-corrected chi connectivity index (χ0v) is 16.1. The topological polar surface area (TPSA) is 50.7 Å². The van der Waals surface area contributed by atoms with Gasteiger partial charge in [-0.1, -0.05) is 86.6 Å². The van der Waals surface area contributed by atoms with E-state index in [0.717, 1.165) is 22.4 Å².